The van der Waals surface area contributed by atoms with Gasteiger partial charge < -0.3 is 15.8 Å². The summed E-state index contributed by atoms with van der Waals surface area (Å²) in [6.07, 6.45) is -2.54. The average Bonchev–Trinajstić information content (AvgIpc) is 3.20. The molecule has 0 spiro atoms. The summed E-state index contributed by atoms with van der Waals surface area (Å²) in [5, 5.41) is 3.32. The van der Waals surface area contributed by atoms with Gasteiger partial charge in [0.05, 0.1) is 23.9 Å². The molecule has 3 N–H and O–H groups in total. The highest BCUT2D eigenvalue weighted by Gasteiger charge is 2.32. The quantitative estimate of drug-likeness (QED) is 0.693. The molecule has 3 heterocycles. The van der Waals surface area contributed by atoms with E-state index in [1.165, 1.54) is 0 Å². The summed E-state index contributed by atoms with van der Waals surface area (Å²) in [5.41, 5.74) is 7.57. The van der Waals surface area contributed by atoms with E-state index in [1.54, 1.807) is 6.07 Å². The number of fused-ring (bicyclic) bond motifs is 1. The molecule has 2 aliphatic heterocycles. The number of rotatable bonds is 5. The highest BCUT2D eigenvalue weighted by molar-refractivity contribution is 5.52. The van der Waals surface area contributed by atoms with E-state index in [0.717, 1.165) is 62.5 Å². The van der Waals surface area contributed by atoms with Crippen LogP contribution in [0, 0.1) is 12.8 Å². The largest absolute Gasteiger partial charge is 0.416 e. The second-order valence-electron chi connectivity index (χ2n) is 8.51. The van der Waals surface area contributed by atoms with E-state index in [9.17, 15) is 13.2 Å². The number of nitrogens with zero attached hydrogens (tertiary/aromatic N) is 3. The number of hydrogen-bond acceptors (Lipinski definition) is 6. The highest BCUT2D eigenvalue weighted by atomic mass is 19.4. The Kier molecular flexibility index (Phi) is 6.07. The molecule has 31 heavy (non-hydrogen) atoms. The summed E-state index contributed by atoms with van der Waals surface area (Å²) in [6, 6.07) is 3.26. The van der Waals surface area contributed by atoms with Crippen LogP contribution in [0.15, 0.2) is 18.2 Å². The van der Waals surface area contributed by atoms with E-state index in [0.29, 0.717) is 29.7 Å². The van der Waals surface area contributed by atoms with Crippen molar-refractivity contribution in [1.29, 1.82) is 0 Å². The molecule has 0 radical (unpaired) electrons. The molecule has 6 nitrogen and oxygen atoms in total. The predicted molar refractivity (Wildman–Crippen MR) is 113 cm³/mol. The number of ether oxygens (including phenoxy) is 1. The maximum atomic E-state index is 13.2. The van der Waals surface area contributed by atoms with E-state index >= 15 is 0 Å². The van der Waals surface area contributed by atoms with Gasteiger partial charge in [-0.15, -0.1) is 0 Å². The first-order valence-electron chi connectivity index (χ1n) is 10.6. The Hall–Kier alpha value is -2.39. The normalized spacial score (nSPS) is 20.5. The average molecular weight is 435 g/mol. The number of nitrogens with one attached hydrogen (secondary N) is 1. The molecule has 1 saturated heterocycles. The molecule has 2 atom stereocenters. The van der Waals surface area contributed by atoms with Gasteiger partial charge in [-0.3, -0.25) is 4.90 Å². The van der Waals surface area contributed by atoms with Crippen molar-refractivity contribution in [3.63, 3.8) is 0 Å². The zero-order chi connectivity index (χ0) is 22.2. The highest BCUT2D eigenvalue weighted by Crippen LogP contribution is 2.34. The van der Waals surface area contributed by atoms with E-state index in [2.05, 4.69) is 20.2 Å². The molecule has 2 aliphatic rings. The Morgan fingerprint density at radius 3 is 2.81 bits per heavy atom. The van der Waals surface area contributed by atoms with Gasteiger partial charge in [-0.1, -0.05) is 0 Å². The van der Waals surface area contributed by atoms with Crippen molar-refractivity contribution in [2.75, 3.05) is 37.4 Å². The Balaban J connectivity index is 1.56. The van der Waals surface area contributed by atoms with Crippen LogP contribution < -0.4 is 11.1 Å². The van der Waals surface area contributed by atoms with Gasteiger partial charge >= 0.3 is 6.18 Å². The van der Waals surface area contributed by atoms with Crippen molar-refractivity contribution >= 4 is 11.5 Å². The van der Waals surface area contributed by atoms with Gasteiger partial charge in [0.15, 0.2) is 0 Å². The molecule has 2 unspecified atom stereocenters. The third kappa shape index (κ3) is 5.10. The number of alkyl halides is 3. The van der Waals surface area contributed by atoms with E-state index < -0.39 is 17.8 Å². The van der Waals surface area contributed by atoms with E-state index in [4.69, 9.17) is 10.5 Å². The van der Waals surface area contributed by atoms with Gasteiger partial charge in [0, 0.05) is 43.9 Å². The molecule has 0 amide bonds. The van der Waals surface area contributed by atoms with Crippen LogP contribution in [-0.4, -0.2) is 41.2 Å². The Bertz CT molecular complexity index is 943. The second-order valence-corrected chi connectivity index (χ2v) is 8.51. The van der Waals surface area contributed by atoms with Crippen molar-refractivity contribution in [3.05, 3.63) is 46.4 Å². The Morgan fingerprint density at radius 2 is 2.10 bits per heavy atom. The Labute approximate surface area is 180 Å². The molecule has 4 rings (SSSR count). The van der Waals surface area contributed by atoms with Crippen LogP contribution in [0.25, 0.3) is 0 Å². The Morgan fingerprint density at radius 1 is 1.29 bits per heavy atom. The topological polar surface area (TPSA) is 76.3 Å². The minimum Gasteiger partial charge on any atom is -0.399 e. The number of halogens is 3. The number of hydrogen-bond donors (Lipinski definition) is 2. The van der Waals surface area contributed by atoms with Gasteiger partial charge in [0.25, 0.3) is 0 Å². The first-order valence-corrected chi connectivity index (χ1v) is 10.6. The van der Waals surface area contributed by atoms with Crippen molar-refractivity contribution in [2.45, 2.75) is 45.5 Å². The fraction of sp³-hybridized carbons (Fsp3) is 0.545. The summed E-state index contributed by atoms with van der Waals surface area (Å²) in [6.45, 7) is 7.88. The van der Waals surface area contributed by atoms with E-state index in [1.807, 2.05) is 13.8 Å². The molecule has 9 heteroatoms. The van der Waals surface area contributed by atoms with Crippen LogP contribution in [0.1, 0.15) is 47.6 Å². The minimum absolute atomic E-state index is 0.0873. The molecule has 1 aromatic carbocycles. The zero-order valence-electron chi connectivity index (χ0n) is 17.8. The maximum Gasteiger partial charge on any atom is 0.416 e. The number of nitrogen functional groups attached to an aromatic ring is 1. The van der Waals surface area contributed by atoms with Crippen molar-refractivity contribution in [3.8, 4) is 0 Å². The number of nitrogens with two attached hydrogens (primary N) is 1. The van der Waals surface area contributed by atoms with Crippen molar-refractivity contribution < 1.29 is 17.9 Å². The summed E-state index contributed by atoms with van der Waals surface area (Å²) in [7, 11) is 0. The molecular weight excluding hydrogens is 407 g/mol. The molecule has 168 valence electrons. The SMILES string of the molecule is Cc1nc2c(c(NC(C)c3cc(N)cc(C(F)(F)F)c3)n1)CN(CC1CCOC1)CC2. The van der Waals surface area contributed by atoms with Gasteiger partial charge in [0.2, 0.25) is 0 Å². The van der Waals surface area contributed by atoms with Crippen LogP contribution in [-0.2, 0) is 23.9 Å². The number of anilines is 2. The number of aryl methyl sites for hydroxylation is 1. The zero-order valence-corrected chi connectivity index (χ0v) is 17.8. The maximum absolute atomic E-state index is 13.2. The molecule has 2 aromatic rings. The van der Waals surface area contributed by atoms with Gasteiger partial charge in [-0.2, -0.15) is 13.2 Å². The number of benzene rings is 1. The molecular formula is C22H28F3N5O. The lowest BCUT2D eigenvalue weighted by Gasteiger charge is -2.31. The third-order valence-corrected chi connectivity index (χ3v) is 5.95. The molecule has 0 bridgehead atoms. The van der Waals surface area contributed by atoms with Crippen LogP contribution in [0.2, 0.25) is 0 Å². The summed E-state index contributed by atoms with van der Waals surface area (Å²) in [4.78, 5) is 11.6. The van der Waals surface area contributed by atoms with Crippen LogP contribution in [0.3, 0.4) is 0 Å². The van der Waals surface area contributed by atoms with Crippen molar-refractivity contribution in [2.24, 2.45) is 5.92 Å². The van der Waals surface area contributed by atoms with Crippen LogP contribution in [0.5, 0.6) is 0 Å². The van der Waals surface area contributed by atoms with Gasteiger partial charge in [-0.05, 0) is 49.9 Å². The fourth-order valence-corrected chi connectivity index (χ4v) is 4.34. The van der Waals surface area contributed by atoms with Crippen LogP contribution >= 0.6 is 0 Å². The van der Waals surface area contributed by atoms with Crippen LogP contribution in [0.4, 0.5) is 24.7 Å². The second kappa shape index (κ2) is 8.63. The monoisotopic (exact) mass is 435 g/mol. The molecule has 0 aliphatic carbocycles. The minimum atomic E-state index is -4.45. The van der Waals surface area contributed by atoms with Crippen molar-refractivity contribution in [1.82, 2.24) is 14.9 Å². The predicted octanol–water partition coefficient (Wildman–Crippen LogP) is 3.95. The molecule has 1 aromatic heterocycles. The standard InChI is InChI=1S/C22H28F3N5O/c1-13(16-7-17(22(23,24)25)9-18(26)8-16)27-21-19-11-30(10-15-4-6-31-12-15)5-3-20(19)28-14(2)29-21/h7-9,13,15H,3-6,10-12,26H2,1-2H3,(H,27,28,29). The first kappa shape index (κ1) is 21.8. The number of aromatic nitrogens is 2. The lowest BCUT2D eigenvalue weighted by Crippen LogP contribution is -2.36. The fourth-order valence-electron chi connectivity index (χ4n) is 4.34. The lowest BCUT2D eigenvalue weighted by atomic mass is 10.0. The molecule has 0 saturated carbocycles. The van der Waals surface area contributed by atoms with Gasteiger partial charge in [-0.25, -0.2) is 9.97 Å². The summed E-state index contributed by atoms with van der Waals surface area (Å²) >= 11 is 0. The third-order valence-electron chi connectivity index (χ3n) is 5.95. The summed E-state index contributed by atoms with van der Waals surface area (Å²) in [5.74, 6) is 1.87. The van der Waals surface area contributed by atoms with Gasteiger partial charge in [0.1, 0.15) is 11.6 Å². The smallest absolute Gasteiger partial charge is 0.399 e. The van der Waals surface area contributed by atoms with E-state index in [-0.39, 0.29) is 5.69 Å². The molecule has 1 fully saturated rings. The summed E-state index contributed by atoms with van der Waals surface area (Å²) < 4.78 is 45.1. The lowest BCUT2D eigenvalue weighted by molar-refractivity contribution is -0.137. The first-order chi connectivity index (χ1) is 14.7.